The average Bonchev–Trinajstić information content (AvgIpc) is 3.22. The van der Waals surface area contributed by atoms with Crippen LogP contribution in [0.2, 0.25) is 0 Å². The molecule has 1 saturated carbocycles. The number of nitrogens with one attached hydrogen (secondary N) is 2. The zero-order valence-corrected chi connectivity index (χ0v) is 16.7. The zero-order valence-electron chi connectivity index (χ0n) is 16.7. The molecular weight excluding hydrogens is 360 g/mol. The van der Waals surface area contributed by atoms with Crippen molar-refractivity contribution in [2.45, 2.75) is 39.0 Å². The molecule has 1 aliphatic rings. The van der Waals surface area contributed by atoms with Gasteiger partial charge in [0.25, 0.3) is 0 Å². The van der Waals surface area contributed by atoms with Crippen molar-refractivity contribution in [3.63, 3.8) is 0 Å². The molecule has 2 N–H and O–H groups in total. The van der Waals surface area contributed by atoms with Gasteiger partial charge in [0.05, 0.1) is 29.5 Å². The van der Waals surface area contributed by atoms with Crippen LogP contribution in [-0.2, 0) is 0 Å². The molecule has 2 aromatic carbocycles. The zero-order chi connectivity index (χ0) is 19.6. The van der Waals surface area contributed by atoms with E-state index in [9.17, 15) is 0 Å². The first-order valence-electron chi connectivity index (χ1n) is 10.5. The van der Waals surface area contributed by atoms with Gasteiger partial charge in [-0.15, -0.1) is 0 Å². The van der Waals surface area contributed by atoms with E-state index in [0.29, 0.717) is 5.92 Å². The summed E-state index contributed by atoms with van der Waals surface area (Å²) in [7, 11) is 0. The highest BCUT2D eigenvalue weighted by molar-refractivity contribution is 6.11. The van der Waals surface area contributed by atoms with Gasteiger partial charge in [-0.3, -0.25) is 10.1 Å². The number of benzene rings is 2. The fourth-order valence-corrected chi connectivity index (χ4v) is 4.34. The number of rotatable bonds is 5. The highest BCUT2D eigenvalue weighted by atomic mass is 16.5. The molecule has 0 amide bonds. The predicted octanol–water partition coefficient (Wildman–Crippen LogP) is 6.12. The maximum absolute atomic E-state index is 6.04. The predicted molar refractivity (Wildman–Crippen MR) is 118 cm³/mol. The van der Waals surface area contributed by atoms with E-state index in [1.165, 1.54) is 32.1 Å². The van der Waals surface area contributed by atoms with Gasteiger partial charge in [0.1, 0.15) is 5.75 Å². The SMILES string of the molecule is Cc1cc(Nc2ccc(OCC3CCCCC3)cc2)c2c(ccc3[nH]ncc32)n1. The molecule has 0 unspecified atom stereocenters. The Balaban J connectivity index is 1.37. The summed E-state index contributed by atoms with van der Waals surface area (Å²) in [6.45, 7) is 2.85. The van der Waals surface area contributed by atoms with Gasteiger partial charge < -0.3 is 10.1 Å². The first-order chi connectivity index (χ1) is 14.3. The number of anilines is 2. The van der Waals surface area contributed by atoms with Gasteiger partial charge in [-0.05, 0) is 68.1 Å². The summed E-state index contributed by atoms with van der Waals surface area (Å²) in [5.41, 5.74) is 5.03. The van der Waals surface area contributed by atoms with Crippen LogP contribution in [0.1, 0.15) is 37.8 Å². The third kappa shape index (κ3) is 3.77. The summed E-state index contributed by atoms with van der Waals surface area (Å²) in [4.78, 5) is 4.69. The van der Waals surface area contributed by atoms with Crippen molar-refractivity contribution < 1.29 is 4.74 Å². The minimum Gasteiger partial charge on any atom is -0.493 e. The van der Waals surface area contributed by atoms with Crippen LogP contribution in [0.15, 0.2) is 48.7 Å². The molecule has 0 radical (unpaired) electrons. The fourth-order valence-electron chi connectivity index (χ4n) is 4.34. The van der Waals surface area contributed by atoms with Crippen LogP contribution in [0.3, 0.4) is 0 Å². The van der Waals surface area contributed by atoms with E-state index in [1.54, 1.807) is 0 Å². The standard InChI is InChI=1S/C24H26N4O/c1-16-13-23(24-20-14-25-28-21(20)11-12-22(24)26-16)27-18-7-9-19(10-8-18)29-15-17-5-3-2-4-6-17/h7-14,17H,2-6,15H2,1H3,(H,25,28)(H,26,27). The van der Waals surface area contributed by atoms with Crippen LogP contribution in [0.25, 0.3) is 21.8 Å². The Morgan fingerprint density at radius 1 is 1.07 bits per heavy atom. The van der Waals surface area contributed by atoms with Gasteiger partial charge in [-0.1, -0.05) is 19.3 Å². The Bertz CT molecular complexity index is 1130. The van der Waals surface area contributed by atoms with E-state index < -0.39 is 0 Å². The Kier molecular flexibility index (Phi) is 4.80. The van der Waals surface area contributed by atoms with Crippen molar-refractivity contribution >= 4 is 33.2 Å². The average molecular weight is 386 g/mol. The second-order valence-corrected chi connectivity index (χ2v) is 8.07. The van der Waals surface area contributed by atoms with Crippen molar-refractivity contribution in [1.82, 2.24) is 15.2 Å². The number of aromatic nitrogens is 3. The van der Waals surface area contributed by atoms with Crippen molar-refractivity contribution in [3.05, 3.63) is 54.4 Å². The lowest BCUT2D eigenvalue weighted by atomic mass is 9.90. The summed E-state index contributed by atoms with van der Waals surface area (Å²) < 4.78 is 6.04. The van der Waals surface area contributed by atoms with Crippen LogP contribution >= 0.6 is 0 Å². The molecule has 0 aliphatic heterocycles. The van der Waals surface area contributed by atoms with Gasteiger partial charge in [0.2, 0.25) is 0 Å². The number of fused-ring (bicyclic) bond motifs is 3. The van der Waals surface area contributed by atoms with Crippen LogP contribution < -0.4 is 10.1 Å². The number of pyridine rings is 1. The highest BCUT2D eigenvalue weighted by Gasteiger charge is 2.14. The Hall–Kier alpha value is -3.08. The summed E-state index contributed by atoms with van der Waals surface area (Å²) >= 11 is 0. The van der Waals surface area contributed by atoms with Crippen LogP contribution in [0.5, 0.6) is 5.75 Å². The first-order valence-corrected chi connectivity index (χ1v) is 10.5. The number of aryl methyl sites for hydroxylation is 1. The largest absolute Gasteiger partial charge is 0.493 e. The van der Waals surface area contributed by atoms with Gasteiger partial charge >= 0.3 is 0 Å². The molecule has 2 aromatic heterocycles. The van der Waals surface area contributed by atoms with Gasteiger partial charge in [0, 0.05) is 22.2 Å². The number of ether oxygens (including phenoxy) is 1. The molecule has 5 rings (SSSR count). The molecule has 0 bridgehead atoms. The topological polar surface area (TPSA) is 62.8 Å². The summed E-state index contributed by atoms with van der Waals surface area (Å²) in [6.07, 6.45) is 8.54. The van der Waals surface area contributed by atoms with E-state index in [4.69, 9.17) is 4.74 Å². The lowest BCUT2D eigenvalue weighted by Gasteiger charge is -2.21. The minimum atomic E-state index is 0.713. The van der Waals surface area contributed by atoms with Crippen molar-refractivity contribution in [3.8, 4) is 5.75 Å². The van der Waals surface area contributed by atoms with Crippen LogP contribution in [0, 0.1) is 12.8 Å². The summed E-state index contributed by atoms with van der Waals surface area (Å²) in [6, 6.07) is 14.4. The quantitative estimate of drug-likeness (QED) is 0.433. The monoisotopic (exact) mass is 386 g/mol. The van der Waals surface area contributed by atoms with Crippen molar-refractivity contribution in [2.24, 2.45) is 5.92 Å². The van der Waals surface area contributed by atoms with E-state index in [0.717, 1.165) is 51.2 Å². The summed E-state index contributed by atoms with van der Waals surface area (Å²) in [5.74, 6) is 1.65. The smallest absolute Gasteiger partial charge is 0.119 e. The maximum Gasteiger partial charge on any atom is 0.119 e. The third-order valence-electron chi connectivity index (χ3n) is 5.87. The normalized spacial score (nSPS) is 15.1. The molecular formula is C24H26N4O. The maximum atomic E-state index is 6.04. The van der Waals surface area contributed by atoms with E-state index >= 15 is 0 Å². The van der Waals surface area contributed by atoms with E-state index in [1.807, 2.05) is 25.3 Å². The van der Waals surface area contributed by atoms with Gasteiger partial charge in [0.15, 0.2) is 0 Å². The Morgan fingerprint density at radius 3 is 2.72 bits per heavy atom. The molecule has 5 nitrogen and oxygen atoms in total. The van der Waals surface area contributed by atoms with Gasteiger partial charge in [-0.2, -0.15) is 5.10 Å². The molecule has 0 spiro atoms. The Labute approximate surface area is 170 Å². The number of H-pyrrole nitrogens is 1. The molecule has 4 aromatic rings. The molecule has 148 valence electrons. The molecule has 1 fully saturated rings. The van der Waals surface area contributed by atoms with Crippen LogP contribution in [-0.4, -0.2) is 21.8 Å². The molecule has 0 saturated heterocycles. The van der Waals surface area contributed by atoms with Crippen LogP contribution in [0.4, 0.5) is 11.4 Å². The molecule has 5 heteroatoms. The minimum absolute atomic E-state index is 0.713. The lowest BCUT2D eigenvalue weighted by Crippen LogP contribution is -2.15. The number of hydrogen-bond acceptors (Lipinski definition) is 4. The second-order valence-electron chi connectivity index (χ2n) is 8.07. The summed E-state index contributed by atoms with van der Waals surface area (Å²) in [5, 5.41) is 13.0. The van der Waals surface area contributed by atoms with E-state index in [2.05, 4.69) is 50.8 Å². The lowest BCUT2D eigenvalue weighted by molar-refractivity contribution is 0.209. The number of aromatic amines is 1. The van der Waals surface area contributed by atoms with Crippen molar-refractivity contribution in [2.75, 3.05) is 11.9 Å². The molecule has 1 aliphatic carbocycles. The fraction of sp³-hybridized carbons (Fsp3) is 0.333. The second kappa shape index (κ2) is 7.74. The number of nitrogens with zero attached hydrogens (tertiary/aromatic N) is 2. The number of hydrogen-bond donors (Lipinski definition) is 2. The molecule has 2 heterocycles. The first kappa shape index (κ1) is 18.0. The molecule has 29 heavy (non-hydrogen) atoms. The highest BCUT2D eigenvalue weighted by Crippen LogP contribution is 2.32. The van der Waals surface area contributed by atoms with Crippen molar-refractivity contribution in [1.29, 1.82) is 0 Å². The third-order valence-corrected chi connectivity index (χ3v) is 5.87. The Morgan fingerprint density at radius 2 is 1.90 bits per heavy atom. The van der Waals surface area contributed by atoms with Gasteiger partial charge in [-0.25, -0.2) is 0 Å². The molecule has 0 atom stereocenters. The van der Waals surface area contributed by atoms with E-state index in [-0.39, 0.29) is 0 Å².